The fraction of sp³-hybridized carbons (Fsp3) is 0.857. The topological polar surface area (TPSA) is 126 Å². The van der Waals surface area contributed by atoms with Gasteiger partial charge in [-0.2, -0.15) is 13.1 Å². The SMILES string of the molecule is COCCNS(=O)(=O)NCCCC(N)=NO. The summed E-state index contributed by atoms with van der Waals surface area (Å²) < 4.78 is 31.8. The van der Waals surface area contributed by atoms with Crippen LogP contribution in [0.3, 0.4) is 0 Å². The normalized spacial score (nSPS) is 12.9. The molecule has 96 valence electrons. The smallest absolute Gasteiger partial charge is 0.276 e. The molecule has 0 unspecified atom stereocenters. The molecule has 9 heteroatoms. The van der Waals surface area contributed by atoms with Crippen LogP contribution < -0.4 is 15.2 Å². The van der Waals surface area contributed by atoms with Crippen LogP contribution in [0.5, 0.6) is 0 Å². The molecule has 5 N–H and O–H groups in total. The number of nitrogens with one attached hydrogen (secondary N) is 2. The summed E-state index contributed by atoms with van der Waals surface area (Å²) in [5.74, 6) is 0.0755. The minimum absolute atomic E-state index is 0.0755. The summed E-state index contributed by atoms with van der Waals surface area (Å²) in [7, 11) is -2.00. The van der Waals surface area contributed by atoms with Gasteiger partial charge in [-0.3, -0.25) is 0 Å². The van der Waals surface area contributed by atoms with E-state index in [4.69, 9.17) is 15.7 Å². The first-order valence-electron chi connectivity index (χ1n) is 4.71. The van der Waals surface area contributed by atoms with Crippen LogP contribution in [0.1, 0.15) is 12.8 Å². The van der Waals surface area contributed by atoms with Crippen molar-refractivity contribution in [1.29, 1.82) is 0 Å². The summed E-state index contributed by atoms with van der Waals surface area (Å²) in [6, 6.07) is 0. The van der Waals surface area contributed by atoms with E-state index in [0.717, 1.165) is 0 Å². The Bertz CT molecular complexity index is 304. The Hall–Kier alpha value is -0.900. The fourth-order valence-electron chi connectivity index (χ4n) is 0.855. The summed E-state index contributed by atoms with van der Waals surface area (Å²) in [5, 5.41) is 11.0. The zero-order valence-corrected chi connectivity index (χ0v) is 9.96. The molecular formula is C7H18N4O4S. The lowest BCUT2D eigenvalue weighted by molar-refractivity contribution is 0.204. The largest absolute Gasteiger partial charge is 0.409 e. The average Bonchev–Trinajstić information content (AvgIpc) is 2.24. The van der Waals surface area contributed by atoms with Gasteiger partial charge in [-0.25, -0.2) is 4.72 Å². The van der Waals surface area contributed by atoms with E-state index in [-0.39, 0.29) is 18.9 Å². The fourth-order valence-corrected chi connectivity index (χ4v) is 1.72. The van der Waals surface area contributed by atoms with Crippen molar-refractivity contribution < 1.29 is 18.4 Å². The van der Waals surface area contributed by atoms with E-state index >= 15 is 0 Å². The van der Waals surface area contributed by atoms with Crippen molar-refractivity contribution in [3.05, 3.63) is 0 Å². The number of hydrogen-bond donors (Lipinski definition) is 4. The molecule has 0 rings (SSSR count). The Morgan fingerprint density at radius 1 is 1.44 bits per heavy atom. The Balaban J connectivity index is 3.66. The molecule has 0 saturated carbocycles. The third-order valence-corrected chi connectivity index (χ3v) is 2.80. The maximum absolute atomic E-state index is 11.2. The van der Waals surface area contributed by atoms with E-state index in [2.05, 4.69) is 14.6 Å². The van der Waals surface area contributed by atoms with Gasteiger partial charge in [-0.05, 0) is 6.42 Å². The van der Waals surface area contributed by atoms with E-state index in [0.29, 0.717) is 19.4 Å². The number of methoxy groups -OCH3 is 1. The first-order chi connectivity index (χ1) is 7.52. The maximum atomic E-state index is 11.2. The predicted molar refractivity (Wildman–Crippen MR) is 59.4 cm³/mol. The lowest BCUT2D eigenvalue weighted by Gasteiger charge is -2.07. The minimum Gasteiger partial charge on any atom is -0.409 e. The second kappa shape index (κ2) is 8.28. The van der Waals surface area contributed by atoms with Gasteiger partial charge < -0.3 is 15.7 Å². The lowest BCUT2D eigenvalue weighted by Crippen LogP contribution is -2.38. The quantitative estimate of drug-likeness (QED) is 0.132. The van der Waals surface area contributed by atoms with Gasteiger partial charge in [-0.1, -0.05) is 5.16 Å². The monoisotopic (exact) mass is 254 g/mol. The van der Waals surface area contributed by atoms with Crippen molar-refractivity contribution in [2.24, 2.45) is 10.9 Å². The van der Waals surface area contributed by atoms with Crippen LogP contribution in [0.15, 0.2) is 5.16 Å². The highest BCUT2D eigenvalue weighted by Gasteiger charge is 2.07. The van der Waals surface area contributed by atoms with Crippen LogP contribution in [-0.2, 0) is 14.9 Å². The highest BCUT2D eigenvalue weighted by atomic mass is 32.2. The number of nitrogens with zero attached hydrogens (tertiary/aromatic N) is 1. The molecule has 0 atom stereocenters. The summed E-state index contributed by atoms with van der Waals surface area (Å²) in [5.41, 5.74) is 5.21. The molecule has 0 fully saturated rings. The van der Waals surface area contributed by atoms with E-state index in [1.807, 2.05) is 0 Å². The van der Waals surface area contributed by atoms with Crippen molar-refractivity contribution >= 4 is 16.0 Å². The van der Waals surface area contributed by atoms with Crippen LogP contribution in [0.4, 0.5) is 0 Å². The summed E-state index contributed by atoms with van der Waals surface area (Å²) >= 11 is 0. The standard InChI is InChI=1S/C7H18N4O4S/c1-15-6-5-10-16(13,14)9-4-2-3-7(8)11-12/h9-10,12H,2-6H2,1H3,(H2,8,11). The number of nitrogens with two attached hydrogens (primary N) is 1. The molecule has 0 saturated heterocycles. The Kier molecular flexibility index (Phi) is 7.81. The van der Waals surface area contributed by atoms with Crippen LogP contribution >= 0.6 is 0 Å². The third kappa shape index (κ3) is 8.41. The first kappa shape index (κ1) is 15.1. The molecule has 0 aliphatic carbocycles. The lowest BCUT2D eigenvalue weighted by atomic mass is 10.3. The molecule has 0 aromatic carbocycles. The zero-order valence-electron chi connectivity index (χ0n) is 9.14. The maximum Gasteiger partial charge on any atom is 0.276 e. The molecule has 0 heterocycles. The van der Waals surface area contributed by atoms with Crippen LogP contribution in [0, 0.1) is 0 Å². The van der Waals surface area contributed by atoms with Gasteiger partial charge in [0, 0.05) is 26.6 Å². The number of ether oxygens (including phenoxy) is 1. The molecule has 0 bridgehead atoms. The molecule has 0 aromatic heterocycles. The number of oxime groups is 1. The number of amidine groups is 1. The van der Waals surface area contributed by atoms with Gasteiger partial charge in [-0.15, -0.1) is 0 Å². The highest BCUT2D eigenvalue weighted by Crippen LogP contribution is 1.88. The zero-order chi connectivity index (χ0) is 12.4. The Morgan fingerprint density at radius 3 is 2.62 bits per heavy atom. The molecule has 0 radical (unpaired) electrons. The van der Waals surface area contributed by atoms with Crippen molar-refractivity contribution in [3.8, 4) is 0 Å². The second-order valence-electron chi connectivity index (χ2n) is 2.98. The summed E-state index contributed by atoms with van der Waals surface area (Å²) in [6.45, 7) is 0.746. The second-order valence-corrected chi connectivity index (χ2v) is 4.56. The van der Waals surface area contributed by atoms with Gasteiger partial charge in [0.2, 0.25) is 0 Å². The third-order valence-electron chi connectivity index (χ3n) is 1.63. The van der Waals surface area contributed by atoms with Gasteiger partial charge in [0.25, 0.3) is 10.2 Å². The van der Waals surface area contributed by atoms with Crippen LogP contribution in [-0.4, -0.2) is 46.3 Å². The molecule has 0 spiro atoms. The van der Waals surface area contributed by atoms with E-state index < -0.39 is 10.2 Å². The summed E-state index contributed by atoms with van der Waals surface area (Å²) in [4.78, 5) is 0. The molecule has 0 aromatic rings. The molecule has 0 aliphatic heterocycles. The van der Waals surface area contributed by atoms with Crippen molar-refractivity contribution in [2.75, 3.05) is 26.8 Å². The minimum atomic E-state index is -3.48. The van der Waals surface area contributed by atoms with Crippen molar-refractivity contribution in [3.63, 3.8) is 0 Å². The predicted octanol–water partition coefficient (Wildman–Crippen LogP) is -1.42. The van der Waals surface area contributed by atoms with Gasteiger partial charge in [0.05, 0.1) is 6.61 Å². The Labute approximate surface area is 95.0 Å². The molecule has 0 amide bonds. The van der Waals surface area contributed by atoms with Gasteiger partial charge >= 0.3 is 0 Å². The van der Waals surface area contributed by atoms with Gasteiger partial charge in [0.1, 0.15) is 5.84 Å². The van der Waals surface area contributed by atoms with E-state index in [1.54, 1.807) is 0 Å². The van der Waals surface area contributed by atoms with E-state index in [1.165, 1.54) is 7.11 Å². The molecule has 0 aliphatic rings. The van der Waals surface area contributed by atoms with E-state index in [9.17, 15) is 8.42 Å². The van der Waals surface area contributed by atoms with Crippen molar-refractivity contribution in [1.82, 2.24) is 9.44 Å². The molecule has 8 nitrogen and oxygen atoms in total. The number of hydrogen-bond acceptors (Lipinski definition) is 5. The molecule has 16 heavy (non-hydrogen) atoms. The molecular weight excluding hydrogens is 236 g/mol. The number of rotatable bonds is 9. The van der Waals surface area contributed by atoms with Crippen molar-refractivity contribution in [2.45, 2.75) is 12.8 Å². The highest BCUT2D eigenvalue weighted by molar-refractivity contribution is 7.87. The first-order valence-corrected chi connectivity index (χ1v) is 6.19. The van der Waals surface area contributed by atoms with Crippen LogP contribution in [0.25, 0.3) is 0 Å². The van der Waals surface area contributed by atoms with Gasteiger partial charge in [0.15, 0.2) is 0 Å². The Morgan fingerprint density at radius 2 is 2.06 bits per heavy atom. The van der Waals surface area contributed by atoms with Crippen LogP contribution in [0.2, 0.25) is 0 Å². The summed E-state index contributed by atoms with van der Waals surface area (Å²) in [6.07, 6.45) is 0.790. The average molecular weight is 254 g/mol.